The Kier molecular flexibility index (Phi) is 4.84. The molecule has 5 rings (SSSR count). The molecule has 3 aromatic carbocycles. The van der Waals surface area contributed by atoms with Crippen LogP contribution in [0.4, 0.5) is 5.69 Å². The molecular formula is C24H18ClN3O3. The van der Waals surface area contributed by atoms with Gasteiger partial charge in [0.15, 0.2) is 0 Å². The topological polar surface area (TPSA) is 65.3 Å². The summed E-state index contributed by atoms with van der Waals surface area (Å²) < 4.78 is 9.18. The molecule has 0 radical (unpaired) electrons. The molecule has 0 saturated carbocycles. The van der Waals surface area contributed by atoms with Crippen molar-refractivity contribution in [2.24, 2.45) is 0 Å². The summed E-state index contributed by atoms with van der Waals surface area (Å²) in [5.74, 6) is 0.769. The van der Waals surface area contributed by atoms with Crippen LogP contribution in [0.15, 0.2) is 83.7 Å². The molecule has 0 unspecified atom stereocenters. The van der Waals surface area contributed by atoms with Crippen molar-refractivity contribution in [1.29, 1.82) is 0 Å². The molecule has 1 aromatic heterocycles. The van der Waals surface area contributed by atoms with Crippen LogP contribution in [0.1, 0.15) is 11.1 Å². The number of hydrogen-bond donors (Lipinski definition) is 1. The second-order valence-corrected chi connectivity index (χ2v) is 7.68. The molecule has 31 heavy (non-hydrogen) atoms. The fourth-order valence-corrected chi connectivity index (χ4v) is 3.95. The summed E-state index contributed by atoms with van der Waals surface area (Å²) >= 11 is 6.02. The third kappa shape index (κ3) is 3.62. The van der Waals surface area contributed by atoms with E-state index in [1.54, 1.807) is 28.9 Å². The van der Waals surface area contributed by atoms with Crippen molar-refractivity contribution in [2.75, 3.05) is 5.32 Å². The van der Waals surface area contributed by atoms with E-state index in [4.69, 9.17) is 16.3 Å². The second-order valence-electron chi connectivity index (χ2n) is 7.24. The van der Waals surface area contributed by atoms with Crippen LogP contribution in [0.5, 0.6) is 11.6 Å². The lowest BCUT2D eigenvalue weighted by molar-refractivity contribution is -0.117. The van der Waals surface area contributed by atoms with Crippen LogP contribution in [0.2, 0.25) is 5.02 Å². The predicted molar refractivity (Wildman–Crippen MR) is 119 cm³/mol. The van der Waals surface area contributed by atoms with Crippen LogP contribution in [0.25, 0.3) is 5.69 Å². The Hall–Kier alpha value is -3.77. The quantitative estimate of drug-likeness (QED) is 0.451. The van der Waals surface area contributed by atoms with Gasteiger partial charge in [0.1, 0.15) is 12.3 Å². The van der Waals surface area contributed by atoms with Gasteiger partial charge in [-0.15, -0.1) is 0 Å². The van der Waals surface area contributed by atoms with E-state index in [2.05, 4.69) is 5.32 Å². The molecule has 1 amide bonds. The standard InChI is InChI=1S/C24H18ClN3O3/c25-17-8-6-9-18(14-17)26-22(29)15-27-24-20(13-16-7-4-5-12-21(16)31-24)23(30)28(27)19-10-2-1-3-11-19/h1-12,14H,13,15H2,(H,26,29). The van der Waals surface area contributed by atoms with E-state index >= 15 is 0 Å². The Labute approximate surface area is 183 Å². The smallest absolute Gasteiger partial charge is 0.278 e. The monoisotopic (exact) mass is 431 g/mol. The summed E-state index contributed by atoms with van der Waals surface area (Å²) in [4.78, 5) is 26.2. The molecule has 1 aliphatic heterocycles. The van der Waals surface area contributed by atoms with Gasteiger partial charge in [-0.05, 0) is 42.0 Å². The normalized spacial score (nSPS) is 11.9. The summed E-state index contributed by atoms with van der Waals surface area (Å²) in [6.07, 6.45) is 0.445. The maximum absolute atomic E-state index is 13.3. The highest BCUT2D eigenvalue weighted by Gasteiger charge is 2.29. The van der Waals surface area contributed by atoms with Gasteiger partial charge in [-0.1, -0.05) is 54.1 Å². The van der Waals surface area contributed by atoms with Crippen LogP contribution >= 0.6 is 11.6 Å². The molecule has 2 heterocycles. The molecule has 154 valence electrons. The van der Waals surface area contributed by atoms with Crippen LogP contribution in [0, 0.1) is 0 Å². The van der Waals surface area contributed by atoms with Crippen molar-refractivity contribution < 1.29 is 9.53 Å². The van der Waals surface area contributed by atoms with E-state index < -0.39 is 0 Å². The summed E-state index contributed by atoms with van der Waals surface area (Å²) in [5, 5.41) is 3.36. The Morgan fingerprint density at radius 1 is 1.00 bits per heavy atom. The third-order valence-electron chi connectivity index (χ3n) is 5.13. The number of nitrogens with one attached hydrogen (secondary N) is 1. The van der Waals surface area contributed by atoms with Gasteiger partial charge in [-0.25, -0.2) is 9.36 Å². The van der Waals surface area contributed by atoms with Crippen LogP contribution in [-0.4, -0.2) is 15.3 Å². The zero-order valence-corrected chi connectivity index (χ0v) is 17.2. The second kappa shape index (κ2) is 7.81. The minimum Gasteiger partial charge on any atom is -0.439 e. The van der Waals surface area contributed by atoms with Crippen molar-refractivity contribution in [1.82, 2.24) is 9.36 Å². The lowest BCUT2D eigenvalue weighted by atomic mass is 10.0. The van der Waals surface area contributed by atoms with E-state index in [-0.39, 0.29) is 18.0 Å². The number of anilines is 1. The molecule has 1 N–H and O–H groups in total. The number of amides is 1. The van der Waals surface area contributed by atoms with Gasteiger partial charge in [0.05, 0.1) is 11.3 Å². The first-order valence-electron chi connectivity index (χ1n) is 9.81. The number of carbonyl (C=O) groups is 1. The van der Waals surface area contributed by atoms with Crippen LogP contribution < -0.4 is 15.6 Å². The third-order valence-corrected chi connectivity index (χ3v) is 5.37. The fraction of sp³-hybridized carbons (Fsp3) is 0.0833. The number of fused-ring (bicyclic) bond motifs is 2. The first-order chi connectivity index (χ1) is 15.1. The van der Waals surface area contributed by atoms with Crippen molar-refractivity contribution in [3.63, 3.8) is 0 Å². The molecule has 0 saturated heterocycles. The maximum atomic E-state index is 13.3. The van der Waals surface area contributed by atoms with E-state index in [0.717, 1.165) is 5.56 Å². The average molecular weight is 432 g/mol. The van der Waals surface area contributed by atoms with Gasteiger partial charge in [-0.3, -0.25) is 9.59 Å². The minimum atomic E-state index is -0.299. The van der Waals surface area contributed by atoms with Crippen molar-refractivity contribution in [2.45, 2.75) is 13.0 Å². The van der Waals surface area contributed by atoms with Crippen molar-refractivity contribution >= 4 is 23.2 Å². The van der Waals surface area contributed by atoms with Gasteiger partial charge in [0.2, 0.25) is 11.8 Å². The molecule has 0 bridgehead atoms. The zero-order chi connectivity index (χ0) is 21.4. The molecule has 0 aliphatic carbocycles. The van der Waals surface area contributed by atoms with E-state index in [1.807, 2.05) is 54.6 Å². The highest BCUT2D eigenvalue weighted by Crippen LogP contribution is 2.35. The number of ether oxygens (including phenoxy) is 1. The highest BCUT2D eigenvalue weighted by molar-refractivity contribution is 6.30. The number of aromatic nitrogens is 2. The summed E-state index contributed by atoms with van der Waals surface area (Å²) in [7, 11) is 0. The average Bonchev–Trinajstić information content (AvgIpc) is 3.03. The molecular weight excluding hydrogens is 414 g/mol. The van der Waals surface area contributed by atoms with Crippen LogP contribution in [0.3, 0.4) is 0 Å². The summed E-state index contributed by atoms with van der Waals surface area (Å²) in [6.45, 7) is -0.103. The Morgan fingerprint density at radius 2 is 1.77 bits per heavy atom. The number of nitrogens with zero attached hydrogens (tertiary/aromatic N) is 2. The predicted octanol–water partition coefficient (Wildman–Crippen LogP) is 4.63. The van der Waals surface area contributed by atoms with Crippen LogP contribution in [-0.2, 0) is 17.8 Å². The van der Waals surface area contributed by atoms with Crippen molar-refractivity contribution in [3.05, 3.63) is 105 Å². The van der Waals surface area contributed by atoms with Crippen molar-refractivity contribution in [3.8, 4) is 17.3 Å². The van der Waals surface area contributed by atoms with E-state index in [0.29, 0.717) is 40.0 Å². The molecule has 4 aromatic rings. The van der Waals surface area contributed by atoms with Gasteiger partial charge < -0.3 is 10.1 Å². The summed E-state index contributed by atoms with van der Waals surface area (Å²) in [6, 6.07) is 23.7. The lowest BCUT2D eigenvalue weighted by Crippen LogP contribution is -2.27. The van der Waals surface area contributed by atoms with Gasteiger partial charge in [0, 0.05) is 17.1 Å². The summed E-state index contributed by atoms with van der Waals surface area (Å²) in [5.41, 5.74) is 2.50. The first kappa shape index (κ1) is 19.2. The molecule has 1 aliphatic rings. The van der Waals surface area contributed by atoms with Gasteiger partial charge in [-0.2, -0.15) is 0 Å². The van der Waals surface area contributed by atoms with E-state index in [9.17, 15) is 9.59 Å². The molecule has 0 atom stereocenters. The Balaban J connectivity index is 1.57. The Morgan fingerprint density at radius 3 is 2.58 bits per heavy atom. The fourth-order valence-electron chi connectivity index (χ4n) is 3.76. The highest BCUT2D eigenvalue weighted by atomic mass is 35.5. The maximum Gasteiger partial charge on any atom is 0.278 e. The first-order valence-corrected chi connectivity index (χ1v) is 10.2. The number of carbonyl (C=O) groups excluding carboxylic acids is 1. The minimum absolute atomic E-state index is 0.103. The number of rotatable bonds is 4. The molecule has 7 heteroatoms. The number of para-hydroxylation sites is 2. The SMILES string of the molecule is O=C(Cn1c2c(c(=O)n1-c1ccccc1)Cc1ccccc1O2)Nc1cccc(Cl)c1. The number of benzene rings is 3. The molecule has 0 spiro atoms. The largest absolute Gasteiger partial charge is 0.439 e. The molecule has 6 nitrogen and oxygen atoms in total. The Bertz CT molecular complexity index is 1340. The van der Waals surface area contributed by atoms with Gasteiger partial charge in [0.25, 0.3) is 5.56 Å². The van der Waals surface area contributed by atoms with E-state index in [1.165, 1.54) is 4.68 Å². The molecule has 0 fully saturated rings. The lowest BCUT2D eigenvalue weighted by Gasteiger charge is -2.19. The number of halogens is 1. The zero-order valence-electron chi connectivity index (χ0n) is 16.4. The van der Waals surface area contributed by atoms with Gasteiger partial charge >= 0.3 is 0 Å². The number of hydrogen-bond acceptors (Lipinski definition) is 3.